The Balaban J connectivity index is -0.0000000575. The second-order valence-corrected chi connectivity index (χ2v) is 0.802. The van der Waals surface area contributed by atoms with Gasteiger partial charge in [-0.2, -0.15) is 8.78 Å². The van der Waals surface area contributed by atoms with Crippen LogP contribution in [0.4, 0.5) is 13.5 Å². The van der Waals surface area contributed by atoms with Crippen molar-refractivity contribution in [1.29, 1.82) is 0 Å². The van der Waals surface area contributed by atoms with Crippen LogP contribution in [0.25, 0.3) is 0 Å². The molecule has 0 radical (unpaired) electrons. The molecule has 0 atom stereocenters. The molecule has 0 N–H and O–H groups in total. The molecule has 4 heteroatoms. The summed E-state index contributed by atoms with van der Waals surface area (Å²) in [5.74, 6) is 0. The van der Waals surface area contributed by atoms with Crippen LogP contribution < -0.4 is 0 Å². The highest BCUT2D eigenvalue weighted by Crippen LogP contribution is 1.85. The lowest BCUT2D eigenvalue weighted by Gasteiger charge is -1.54. The molecule has 0 heterocycles. The predicted molar refractivity (Wildman–Crippen MR) is 29.9 cm³/mol. The molecule has 0 aliphatic carbocycles. The molecular weight excluding hydrogens is 140 g/mol. The summed E-state index contributed by atoms with van der Waals surface area (Å²) in [5.41, 5.74) is 1.22. The highest BCUT2D eigenvalue weighted by atomic mass is 35.5. The second-order valence-electron chi connectivity index (χ2n) is 0.493. The van der Waals surface area contributed by atoms with E-state index in [1.54, 1.807) is 0 Å². The van der Waals surface area contributed by atoms with E-state index in [4.69, 9.17) is 11.6 Å². The van der Waals surface area contributed by atoms with Gasteiger partial charge in [0, 0.05) is 0 Å². The minimum Gasteiger partial charge on any atom is -0.269 e. The van der Waals surface area contributed by atoms with Crippen molar-refractivity contribution in [3.05, 3.63) is 24.8 Å². The smallest absolute Gasteiger partial charge is 0.263 e. The van der Waals surface area contributed by atoms with Crippen LogP contribution in [0.5, 0.6) is 0 Å². The molecule has 0 nitrogen and oxygen atoms in total. The lowest BCUT2D eigenvalue weighted by Crippen LogP contribution is -1.33. The summed E-state index contributed by atoms with van der Waals surface area (Å²) in [6, 6.07) is 0. The van der Waals surface area contributed by atoms with Gasteiger partial charge in [0.05, 0.1) is 0 Å². The van der Waals surface area contributed by atoms with Gasteiger partial charge in [-0.05, 0) is 12.1 Å². The zero-order valence-electron chi connectivity index (χ0n) is 4.03. The predicted octanol–water partition coefficient (Wildman–Crippen LogP) is 2.92. The lowest BCUT2D eigenvalue weighted by molar-refractivity contribution is 0.426. The zero-order chi connectivity index (χ0) is 6.28. The average Bonchev–Trinajstić information content (AvgIpc) is 1.33. The maximum absolute atomic E-state index is 10.1. The maximum Gasteiger partial charge on any atom is 0.263 e. The molecule has 0 aromatic carbocycles. The average molecular weight is 147 g/mol. The van der Waals surface area contributed by atoms with E-state index in [1.165, 1.54) is 5.54 Å². The molecule has 0 bridgehead atoms. The summed E-state index contributed by atoms with van der Waals surface area (Å²) in [6.45, 7) is 5.35. The van der Waals surface area contributed by atoms with E-state index in [2.05, 4.69) is 13.2 Å². The van der Waals surface area contributed by atoms with Gasteiger partial charge in [-0.1, -0.05) is 18.2 Å². The Kier molecular flexibility index (Phi) is 31.3. The van der Waals surface area contributed by atoms with Crippen molar-refractivity contribution in [2.24, 2.45) is 0 Å². The van der Waals surface area contributed by atoms with Gasteiger partial charge in [0.15, 0.2) is 0 Å². The van der Waals surface area contributed by atoms with Crippen LogP contribution in [0.2, 0.25) is 0 Å². The van der Waals surface area contributed by atoms with Crippen molar-refractivity contribution in [2.75, 3.05) is 0 Å². The van der Waals surface area contributed by atoms with Gasteiger partial charge in [0.1, 0.15) is 0 Å². The van der Waals surface area contributed by atoms with E-state index in [9.17, 15) is 8.78 Å². The Morgan fingerprint density at radius 2 is 1.50 bits per heavy atom. The topological polar surface area (TPSA) is 0 Å². The molecule has 0 aromatic rings. The van der Waals surface area contributed by atoms with Crippen LogP contribution in [-0.4, -0.2) is 0 Å². The van der Waals surface area contributed by atoms with Gasteiger partial charge < -0.3 is 0 Å². The summed E-state index contributed by atoms with van der Waals surface area (Å²) < 4.78 is 20.3. The molecule has 50 valence electrons. The summed E-state index contributed by atoms with van der Waals surface area (Å²) in [6.07, 6.45) is -1.83. The molecule has 0 saturated heterocycles. The third kappa shape index (κ3) is 597. The third-order valence-corrected chi connectivity index (χ3v) is 0. The first kappa shape index (κ1) is 15.6. The van der Waals surface area contributed by atoms with Gasteiger partial charge in [0.2, 0.25) is 0 Å². The van der Waals surface area contributed by atoms with Crippen LogP contribution in [0.3, 0.4) is 0 Å². The summed E-state index contributed by atoms with van der Waals surface area (Å²) in [4.78, 5) is 0. The van der Waals surface area contributed by atoms with E-state index >= 15 is 0 Å². The number of rotatable bonds is 0. The fraction of sp³-hybridized carbons (Fsp3) is 0. The quantitative estimate of drug-likeness (QED) is 0.493. The molecule has 0 aliphatic heterocycles. The summed E-state index contributed by atoms with van der Waals surface area (Å²) in [7, 11) is 0. The monoisotopic (exact) mass is 146 g/mol. The van der Waals surface area contributed by atoms with Crippen LogP contribution in [0, 0.1) is 0 Å². The van der Waals surface area contributed by atoms with Crippen LogP contribution >= 0.6 is 11.6 Å². The van der Waals surface area contributed by atoms with Gasteiger partial charge in [-0.15, -0.1) is 0 Å². The Bertz CT molecular complexity index is 58.3. The first-order chi connectivity index (χ1) is 3.15. The maximum atomic E-state index is 10.1. The molecular formula is C4H6ClF3. The number of halogens is 4. The normalized spacial score (nSPS) is 4.88. The summed E-state index contributed by atoms with van der Waals surface area (Å²) >= 11 is 4.76. The Morgan fingerprint density at radius 1 is 1.50 bits per heavy atom. The highest BCUT2D eigenvalue weighted by molar-refractivity contribution is 6.25. The van der Waals surface area contributed by atoms with Crippen molar-refractivity contribution in [3.8, 4) is 0 Å². The largest absolute Gasteiger partial charge is 0.269 e. The molecule has 8 heavy (non-hydrogen) atoms. The van der Waals surface area contributed by atoms with Crippen molar-refractivity contribution in [3.63, 3.8) is 0 Å². The standard InChI is InChI=1S/C2H3Cl.C2H2F2.FH/c1-2-3;1-2(3)4;/h2H,1H2;1H2;1H. The molecule has 0 spiro atoms. The SMILES string of the molecule is C=C(F)F.C=CCl.F. The van der Waals surface area contributed by atoms with Gasteiger partial charge in [-0.3, -0.25) is 4.70 Å². The van der Waals surface area contributed by atoms with Gasteiger partial charge >= 0.3 is 0 Å². The minimum absolute atomic E-state index is 0. The Labute approximate surface area is 50.8 Å². The molecule has 0 fully saturated rings. The summed E-state index contributed by atoms with van der Waals surface area (Å²) in [5, 5.41) is 0. The lowest BCUT2D eigenvalue weighted by atomic mass is 11.2. The van der Waals surface area contributed by atoms with E-state index in [1.807, 2.05) is 0 Å². The van der Waals surface area contributed by atoms with Gasteiger partial charge in [0.25, 0.3) is 6.08 Å². The van der Waals surface area contributed by atoms with E-state index < -0.39 is 6.08 Å². The highest BCUT2D eigenvalue weighted by Gasteiger charge is 1.65. The van der Waals surface area contributed by atoms with E-state index in [-0.39, 0.29) is 4.70 Å². The van der Waals surface area contributed by atoms with Crippen LogP contribution in [0.15, 0.2) is 24.8 Å². The number of hydrogen-bond acceptors (Lipinski definition) is 0. The van der Waals surface area contributed by atoms with Crippen LogP contribution in [-0.2, 0) is 0 Å². The van der Waals surface area contributed by atoms with Crippen molar-refractivity contribution >= 4 is 11.6 Å². The molecule has 0 rings (SSSR count). The van der Waals surface area contributed by atoms with Crippen molar-refractivity contribution in [2.45, 2.75) is 0 Å². The van der Waals surface area contributed by atoms with E-state index in [0.29, 0.717) is 0 Å². The fourth-order valence-electron chi connectivity index (χ4n) is 0. The third-order valence-electron chi connectivity index (χ3n) is 0. The van der Waals surface area contributed by atoms with E-state index in [0.717, 1.165) is 0 Å². The Hall–Kier alpha value is -0.440. The molecule has 0 unspecified atom stereocenters. The first-order valence-electron chi connectivity index (χ1n) is 1.36. The van der Waals surface area contributed by atoms with Crippen LogP contribution in [0.1, 0.15) is 0 Å². The second kappa shape index (κ2) is 16.0. The van der Waals surface area contributed by atoms with Gasteiger partial charge in [-0.25, -0.2) is 0 Å². The molecule has 0 aromatic heterocycles. The zero-order valence-corrected chi connectivity index (χ0v) is 4.79. The molecule has 0 saturated carbocycles. The molecule has 0 amide bonds. The fourth-order valence-corrected chi connectivity index (χ4v) is 0. The minimum atomic E-state index is -1.83. The Morgan fingerprint density at radius 3 is 1.50 bits per heavy atom. The molecule has 0 aliphatic rings. The van der Waals surface area contributed by atoms with Crippen molar-refractivity contribution in [1.82, 2.24) is 0 Å². The number of hydrogen-bond donors (Lipinski definition) is 0. The first-order valence-corrected chi connectivity index (χ1v) is 1.79. The van der Waals surface area contributed by atoms with Crippen molar-refractivity contribution < 1.29 is 13.5 Å².